The summed E-state index contributed by atoms with van der Waals surface area (Å²) >= 11 is 6.02. The van der Waals surface area contributed by atoms with Crippen LogP contribution in [0.15, 0.2) is 60.0 Å². The van der Waals surface area contributed by atoms with Crippen molar-refractivity contribution in [3.8, 4) is 0 Å². The maximum absolute atomic E-state index is 12.6. The van der Waals surface area contributed by atoms with Crippen molar-refractivity contribution in [2.45, 2.75) is 18.7 Å². The molecule has 0 aromatic heterocycles. The van der Waals surface area contributed by atoms with E-state index in [0.717, 1.165) is 11.3 Å². The number of carbonyl (C=O) groups is 1. The minimum atomic E-state index is -3.85. The monoisotopic (exact) mass is 407 g/mol. The first kappa shape index (κ1) is 21.0. The fourth-order valence-corrected chi connectivity index (χ4v) is 3.86. The van der Waals surface area contributed by atoms with E-state index in [1.807, 2.05) is 38.1 Å². The first-order valence-electron chi connectivity index (χ1n) is 8.33. The number of hydrogen-bond donors (Lipinski definition) is 2. The average Bonchev–Trinajstić information content (AvgIpc) is 2.65. The van der Waals surface area contributed by atoms with Crippen LogP contribution in [0.3, 0.4) is 0 Å². The molecule has 0 spiro atoms. The van der Waals surface area contributed by atoms with Crippen molar-refractivity contribution < 1.29 is 13.2 Å². The first-order valence-corrected chi connectivity index (χ1v) is 10.2. The highest BCUT2D eigenvalue weighted by molar-refractivity contribution is 7.89. The summed E-state index contributed by atoms with van der Waals surface area (Å²) in [6.07, 6.45) is 1.42. The Kier molecular flexibility index (Phi) is 7.01. The lowest BCUT2D eigenvalue weighted by atomic mass is 10.2. The number of hydrazine groups is 1. The molecule has 2 rings (SSSR count). The van der Waals surface area contributed by atoms with Gasteiger partial charge >= 0.3 is 0 Å². The van der Waals surface area contributed by atoms with Gasteiger partial charge in [0, 0.05) is 18.7 Å². The number of amides is 1. The van der Waals surface area contributed by atoms with Gasteiger partial charge in [0.1, 0.15) is 4.90 Å². The second kappa shape index (κ2) is 9.03. The third-order valence-electron chi connectivity index (χ3n) is 3.80. The number of sulfonamides is 1. The standard InChI is InChI=1S/C19H22ClN3O3S/c1-4-12-21-27(25,26)18-13-15(8-11-17(18)20)19(24)22-23(5-2)16-9-6-14(3)7-10-16/h4,6-11,13,21H,1,5,12H2,2-3H3,(H,22,24). The van der Waals surface area contributed by atoms with Gasteiger partial charge in [-0.3, -0.25) is 15.2 Å². The maximum Gasteiger partial charge on any atom is 0.269 e. The highest BCUT2D eigenvalue weighted by Gasteiger charge is 2.20. The van der Waals surface area contributed by atoms with Crippen molar-refractivity contribution in [1.82, 2.24) is 10.1 Å². The Morgan fingerprint density at radius 2 is 1.89 bits per heavy atom. The maximum atomic E-state index is 12.6. The highest BCUT2D eigenvalue weighted by Crippen LogP contribution is 2.23. The molecule has 0 unspecified atom stereocenters. The van der Waals surface area contributed by atoms with Crippen LogP contribution in [0, 0.1) is 6.92 Å². The molecule has 2 aromatic carbocycles. The first-order chi connectivity index (χ1) is 12.8. The molecule has 0 saturated heterocycles. The summed E-state index contributed by atoms with van der Waals surface area (Å²) in [7, 11) is -3.85. The Balaban J connectivity index is 2.26. The van der Waals surface area contributed by atoms with Crippen molar-refractivity contribution in [2.24, 2.45) is 0 Å². The van der Waals surface area contributed by atoms with Gasteiger partial charge in [0.25, 0.3) is 5.91 Å². The molecule has 6 nitrogen and oxygen atoms in total. The molecule has 2 aromatic rings. The fraction of sp³-hybridized carbons (Fsp3) is 0.211. The van der Waals surface area contributed by atoms with Gasteiger partial charge in [0.15, 0.2) is 0 Å². The SMILES string of the molecule is C=CCNS(=O)(=O)c1cc(C(=O)NN(CC)c2ccc(C)cc2)ccc1Cl. The molecule has 0 atom stereocenters. The molecule has 2 N–H and O–H groups in total. The highest BCUT2D eigenvalue weighted by atomic mass is 35.5. The second-order valence-corrected chi connectivity index (χ2v) is 7.95. The van der Waals surface area contributed by atoms with Crippen molar-refractivity contribution in [2.75, 3.05) is 18.1 Å². The van der Waals surface area contributed by atoms with Gasteiger partial charge in [-0.05, 0) is 44.2 Å². The van der Waals surface area contributed by atoms with Gasteiger partial charge in [0.2, 0.25) is 10.0 Å². The van der Waals surface area contributed by atoms with E-state index in [9.17, 15) is 13.2 Å². The zero-order valence-corrected chi connectivity index (χ0v) is 16.8. The van der Waals surface area contributed by atoms with Gasteiger partial charge in [0.05, 0.1) is 10.7 Å². The Bertz CT molecular complexity index is 928. The molecule has 144 valence electrons. The number of rotatable bonds is 8. The second-order valence-electron chi connectivity index (χ2n) is 5.81. The molecule has 0 radical (unpaired) electrons. The molecule has 27 heavy (non-hydrogen) atoms. The van der Waals surface area contributed by atoms with Crippen LogP contribution in [0.4, 0.5) is 5.69 Å². The molecule has 8 heteroatoms. The number of halogens is 1. The lowest BCUT2D eigenvalue weighted by Crippen LogP contribution is -2.42. The molecule has 0 bridgehead atoms. The third-order valence-corrected chi connectivity index (χ3v) is 5.70. The summed E-state index contributed by atoms with van der Waals surface area (Å²) in [5, 5.41) is 1.72. The van der Waals surface area contributed by atoms with Crippen molar-refractivity contribution >= 4 is 33.2 Å². The summed E-state index contributed by atoms with van der Waals surface area (Å²) in [6, 6.07) is 11.8. The minimum absolute atomic E-state index is 0.0361. The van der Waals surface area contributed by atoms with Gasteiger partial charge in [-0.25, -0.2) is 13.1 Å². The lowest BCUT2D eigenvalue weighted by Gasteiger charge is -2.24. The molecule has 0 heterocycles. The predicted octanol–water partition coefficient (Wildman–Crippen LogP) is 3.28. The van der Waals surface area contributed by atoms with Crippen LogP contribution in [0.5, 0.6) is 0 Å². The summed E-state index contributed by atoms with van der Waals surface area (Å²) in [6.45, 7) is 7.95. The quantitative estimate of drug-likeness (QED) is 0.520. The van der Waals surface area contributed by atoms with Crippen molar-refractivity contribution in [3.05, 3.63) is 71.3 Å². The summed E-state index contributed by atoms with van der Waals surface area (Å²) < 4.78 is 27.0. The number of nitrogens with one attached hydrogen (secondary N) is 2. The van der Waals surface area contributed by atoms with Gasteiger partial charge in [-0.1, -0.05) is 35.4 Å². The van der Waals surface area contributed by atoms with Crippen LogP contribution in [-0.2, 0) is 10.0 Å². The van der Waals surface area contributed by atoms with Crippen LogP contribution in [0.25, 0.3) is 0 Å². The van der Waals surface area contributed by atoms with E-state index >= 15 is 0 Å². The van der Waals surface area contributed by atoms with Crippen LogP contribution in [0.1, 0.15) is 22.8 Å². The van der Waals surface area contributed by atoms with E-state index in [0.29, 0.717) is 6.54 Å². The number of carbonyl (C=O) groups excluding carboxylic acids is 1. The largest absolute Gasteiger partial charge is 0.286 e. The van der Waals surface area contributed by atoms with Crippen LogP contribution < -0.4 is 15.2 Å². The van der Waals surface area contributed by atoms with Crippen molar-refractivity contribution in [3.63, 3.8) is 0 Å². The Labute approximate surface area is 164 Å². The van der Waals surface area contributed by atoms with E-state index in [-0.39, 0.29) is 22.0 Å². The molecule has 1 amide bonds. The van der Waals surface area contributed by atoms with Crippen LogP contribution in [0.2, 0.25) is 5.02 Å². The fourth-order valence-electron chi connectivity index (χ4n) is 2.33. The van der Waals surface area contributed by atoms with E-state index in [2.05, 4.69) is 16.7 Å². The minimum Gasteiger partial charge on any atom is -0.286 e. The Morgan fingerprint density at radius 3 is 2.48 bits per heavy atom. The zero-order valence-electron chi connectivity index (χ0n) is 15.2. The Morgan fingerprint density at radius 1 is 1.22 bits per heavy atom. The Hall–Kier alpha value is -2.35. The number of benzene rings is 2. The van der Waals surface area contributed by atoms with E-state index in [4.69, 9.17) is 11.6 Å². The van der Waals surface area contributed by atoms with Gasteiger partial charge in [-0.2, -0.15) is 0 Å². The number of nitrogens with zero attached hydrogens (tertiary/aromatic N) is 1. The third kappa shape index (κ3) is 5.32. The zero-order chi connectivity index (χ0) is 20.0. The number of anilines is 1. The number of hydrogen-bond acceptors (Lipinski definition) is 4. The summed E-state index contributed by atoms with van der Waals surface area (Å²) in [5.74, 6) is -0.436. The van der Waals surface area contributed by atoms with Gasteiger partial charge in [-0.15, -0.1) is 6.58 Å². The summed E-state index contributed by atoms with van der Waals surface area (Å²) in [5.41, 5.74) is 4.90. The smallest absolute Gasteiger partial charge is 0.269 e. The average molecular weight is 408 g/mol. The molecule has 0 aliphatic rings. The molecular weight excluding hydrogens is 386 g/mol. The van der Waals surface area contributed by atoms with Gasteiger partial charge < -0.3 is 0 Å². The van der Waals surface area contributed by atoms with E-state index in [1.54, 1.807) is 5.01 Å². The van der Waals surface area contributed by atoms with Crippen LogP contribution in [-0.4, -0.2) is 27.4 Å². The molecular formula is C19H22ClN3O3S. The van der Waals surface area contributed by atoms with E-state index in [1.165, 1.54) is 24.3 Å². The molecule has 0 fully saturated rings. The lowest BCUT2D eigenvalue weighted by molar-refractivity contribution is 0.0949. The predicted molar refractivity (Wildman–Crippen MR) is 109 cm³/mol. The topological polar surface area (TPSA) is 78.5 Å². The number of aryl methyl sites for hydroxylation is 1. The van der Waals surface area contributed by atoms with Crippen molar-refractivity contribution in [1.29, 1.82) is 0 Å². The normalized spacial score (nSPS) is 11.1. The van der Waals surface area contributed by atoms with E-state index < -0.39 is 15.9 Å². The molecule has 0 saturated carbocycles. The summed E-state index contributed by atoms with van der Waals surface area (Å²) in [4.78, 5) is 12.5. The van der Waals surface area contributed by atoms with Crippen LogP contribution >= 0.6 is 11.6 Å². The molecule has 0 aliphatic heterocycles. The molecule has 0 aliphatic carbocycles.